The lowest BCUT2D eigenvalue weighted by Crippen LogP contribution is -2.49. The van der Waals surface area contributed by atoms with Crippen molar-refractivity contribution in [2.24, 2.45) is 5.92 Å². The molecule has 0 saturated carbocycles. The Kier molecular flexibility index (Phi) is 7.53. The van der Waals surface area contributed by atoms with E-state index in [2.05, 4.69) is 12.2 Å². The van der Waals surface area contributed by atoms with Gasteiger partial charge in [-0.25, -0.2) is 14.0 Å². The third-order valence-corrected chi connectivity index (χ3v) is 6.28. The molecule has 2 aliphatic heterocycles. The van der Waals surface area contributed by atoms with E-state index in [-0.39, 0.29) is 18.1 Å². The second kappa shape index (κ2) is 10.1. The van der Waals surface area contributed by atoms with Crippen LogP contribution in [0.15, 0.2) is 18.2 Å². The molecule has 0 bridgehead atoms. The fraction of sp³-hybridized carbons (Fsp3) is 0.571. The van der Waals surface area contributed by atoms with Crippen LogP contribution < -0.4 is 15.1 Å². The highest BCUT2D eigenvalue weighted by Gasteiger charge is 2.33. The highest BCUT2D eigenvalue weighted by molar-refractivity contribution is 7.80. The average Bonchev–Trinajstić information content (AvgIpc) is 3.16. The molecule has 0 aromatic heterocycles. The summed E-state index contributed by atoms with van der Waals surface area (Å²) in [5, 5.41) is 3.16. The number of rotatable bonds is 6. The van der Waals surface area contributed by atoms with Gasteiger partial charge >= 0.3 is 12.2 Å². The van der Waals surface area contributed by atoms with Crippen molar-refractivity contribution in [3.8, 4) is 0 Å². The van der Waals surface area contributed by atoms with Gasteiger partial charge in [0.05, 0.1) is 36.6 Å². The van der Waals surface area contributed by atoms with Gasteiger partial charge < -0.3 is 24.6 Å². The molecule has 0 aliphatic carbocycles. The van der Waals surface area contributed by atoms with Gasteiger partial charge in [0.2, 0.25) is 0 Å². The first kappa shape index (κ1) is 23.1. The number of cyclic esters (lactones) is 1. The zero-order chi connectivity index (χ0) is 22.5. The number of piperazine rings is 1. The number of amides is 2. The predicted octanol–water partition coefficient (Wildman–Crippen LogP) is 3.00. The Hall–Kier alpha value is -2.62. The Labute approximate surface area is 187 Å². The van der Waals surface area contributed by atoms with E-state index in [1.165, 1.54) is 18.1 Å². The summed E-state index contributed by atoms with van der Waals surface area (Å²) in [5.41, 5.74) is 0.893. The Morgan fingerprint density at radius 3 is 2.68 bits per heavy atom. The molecule has 2 heterocycles. The molecule has 170 valence electrons. The molecular formula is C21H29FN4O4S. The van der Waals surface area contributed by atoms with Crippen LogP contribution in [0.1, 0.15) is 20.3 Å². The molecular weight excluding hydrogens is 423 g/mol. The Balaban J connectivity index is 1.59. The summed E-state index contributed by atoms with van der Waals surface area (Å²) < 4.78 is 25.0. The lowest BCUT2D eigenvalue weighted by atomic mass is 10.1. The molecule has 2 amide bonds. The average molecular weight is 453 g/mol. The summed E-state index contributed by atoms with van der Waals surface area (Å²) in [6.45, 7) is 6.78. The number of ether oxygens (including phenoxy) is 2. The molecule has 3 rings (SSSR count). The van der Waals surface area contributed by atoms with Gasteiger partial charge in [-0.2, -0.15) is 0 Å². The molecule has 1 N–H and O–H groups in total. The van der Waals surface area contributed by atoms with E-state index in [1.807, 2.05) is 11.8 Å². The summed E-state index contributed by atoms with van der Waals surface area (Å²) in [6, 6.07) is 4.73. The Morgan fingerprint density at radius 2 is 2.06 bits per heavy atom. The van der Waals surface area contributed by atoms with Crippen LogP contribution in [0.5, 0.6) is 0 Å². The van der Waals surface area contributed by atoms with Crippen molar-refractivity contribution in [2.45, 2.75) is 26.4 Å². The smallest absolute Gasteiger partial charge is 0.414 e. The first-order valence-corrected chi connectivity index (χ1v) is 10.9. The summed E-state index contributed by atoms with van der Waals surface area (Å²) >= 11 is 5.34. The first-order chi connectivity index (χ1) is 14.8. The number of methoxy groups -OCH3 is 1. The maximum absolute atomic E-state index is 14.9. The zero-order valence-electron chi connectivity index (χ0n) is 18.1. The molecule has 10 heteroatoms. The number of nitrogens with zero attached hydrogens (tertiary/aromatic N) is 3. The topological polar surface area (TPSA) is 74.4 Å². The van der Waals surface area contributed by atoms with E-state index in [4.69, 9.17) is 21.7 Å². The van der Waals surface area contributed by atoms with Crippen molar-refractivity contribution in [3.05, 3.63) is 24.0 Å². The van der Waals surface area contributed by atoms with Gasteiger partial charge in [-0.3, -0.25) is 4.90 Å². The van der Waals surface area contributed by atoms with E-state index in [1.54, 1.807) is 17.0 Å². The number of hydrogen-bond acceptors (Lipinski definition) is 6. The van der Waals surface area contributed by atoms with Crippen molar-refractivity contribution >= 4 is 40.8 Å². The maximum Gasteiger partial charge on any atom is 0.414 e. The van der Waals surface area contributed by atoms with Crippen LogP contribution >= 0.6 is 12.2 Å². The largest absolute Gasteiger partial charge is 0.453 e. The van der Waals surface area contributed by atoms with E-state index in [9.17, 15) is 14.0 Å². The molecule has 1 aromatic carbocycles. The second-order valence-electron chi connectivity index (χ2n) is 7.75. The van der Waals surface area contributed by atoms with Crippen molar-refractivity contribution in [1.82, 2.24) is 10.2 Å². The number of nitrogens with one attached hydrogen (secondary N) is 1. The summed E-state index contributed by atoms with van der Waals surface area (Å²) in [4.78, 5) is 29.6. The van der Waals surface area contributed by atoms with Gasteiger partial charge in [0.1, 0.15) is 11.9 Å². The van der Waals surface area contributed by atoms with Crippen molar-refractivity contribution < 1.29 is 23.5 Å². The van der Waals surface area contributed by atoms with Crippen molar-refractivity contribution in [3.63, 3.8) is 0 Å². The number of halogens is 1. The quantitative estimate of drug-likeness (QED) is 0.665. The summed E-state index contributed by atoms with van der Waals surface area (Å²) in [7, 11) is 1.34. The van der Waals surface area contributed by atoms with E-state index in [0.717, 1.165) is 11.4 Å². The van der Waals surface area contributed by atoms with Gasteiger partial charge in [0, 0.05) is 32.1 Å². The van der Waals surface area contributed by atoms with Crippen molar-refractivity contribution in [1.29, 1.82) is 0 Å². The van der Waals surface area contributed by atoms with E-state index in [0.29, 0.717) is 50.6 Å². The minimum absolute atomic E-state index is 0.263. The summed E-state index contributed by atoms with van der Waals surface area (Å²) in [5.74, 6) is -0.157. The lowest BCUT2D eigenvalue weighted by molar-refractivity contribution is 0.121. The Bertz CT molecular complexity index is 832. The van der Waals surface area contributed by atoms with Crippen LogP contribution in [0.25, 0.3) is 0 Å². The molecule has 0 spiro atoms. The second-order valence-corrected chi connectivity index (χ2v) is 8.19. The Morgan fingerprint density at radius 1 is 1.35 bits per heavy atom. The molecule has 2 fully saturated rings. The molecule has 2 unspecified atom stereocenters. The normalized spacial score (nSPS) is 19.8. The fourth-order valence-electron chi connectivity index (χ4n) is 3.59. The highest BCUT2D eigenvalue weighted by atomic mass is 32.1. The molecule has 31 heavy (non-hydrogen) atoms. The number of anilines is 2. The highest BCUT2D eigenvalue weighted by Crippen LogP contribution is 2.28. The third kappa shape index (κ3) is 5.36. The molecule has 2 atom stereocenters. The molecule has 0 radical (unpaired) electrons. The number of thiocarbonyl (C=S) groups is 1. The van der Waals surface area contributed by atoms with Gasteiger partial charge in [-0.15, -0.1) is 0 Å². The van der Waals surface area contributed by atoms with Crippen LogP contribution in [0.2, 0.25) is 0 Å². The van der Waals surface area contributed by atoms with Crippen LogP contribution in [0.3, 0.4) is 0 Å². The summed E-state index contributed by atoms with van der Waals surface area (Å²) in [6.07, 6.45) is -0.299. The molecule has 2 saturated heterocycles. The zero-order valence-corrected chi connectivity index (χ0v) is 18.9. The minimum atomic E-state index is -0.500. The van der Waals surface area contributed by atoms with Crippen LogP contribution in [0.4, 0.5) is 25.4 Å². The van der Waals surface area contributed by atoms with Gasteiger partial charge in [-0.1, -0.05) is 26.1 Å². The van der Waals surface area contributed by atoms with Crippen LogP contribution in [-0.2, 0) is 9.47 Å². The number of carbonyl (C=O) groups excluding carboxylic acids is 2. The maximum atomic E-state index is 14.9. The molecule has 2 aliphatic rings. The van der Waals surface area contributed by atoms with Gasteiger partial charge in [-0.05, 0) is 24.6 Å². The molecule has 1 aromatic rings. The van der Waals surface area contributed by atoms with E-state index < -0.39 is 11.9 Å². The SMILES string of the molecule is CCC(C)C(=S)NCC1CN(c2ccc(N3CCN(C(=O)OC)CC3)c(F)c2)C(=O)O1. The third-order valence-electron chi connectivity index (χ3n) is 5.73. The minimum Gasteiger partial charge on any atom is -0.453 e. The number of carbonyl (C=O) groups is 2. The predicted molar refractivity (Wildman–Crippen MR) is 120 cm³/mol. The van der Waals surface area contributed by atoms with Gasteiger partial charge in [0.15, 0.2) is 0 Å². The lowest BCUT2D eigenvalue weighted by Gasteiger charge is -2.35. The van der Waals surface area contributed by atoms with Crippen LogP contribution in [0, 0.1) is 11.7 Å². The fourth-order valence-corrected chi connectivity index (χ4v) is 3.84. The number of hydrogen-bond donors (Lipinski definition) is 1. The molecule has 8 nitrogen and oxygen atoms in total. The first-order valence-electron chi connectivity index (χ1n) is 10.5. The van der Waals surface area contributed by atoms with E-state index >= 15 is 0 Å². The van der Waals surface area contributed by atoms with Crippen LogP contribution in [-0.4, -0.2) is 74.6 Å². The number of benzene rings is 1. The van der Waals surface area contributed by atoms with Crippen molar-refractivity contribution in [2.75, 3.05) is 56.2 Å². The standard InChI is InChI=1S/C21H29FN4O4S/c1-4-14(2)19(31)23-12-16-13-26(21(28)30-16)15-5-6-18(17(22)11-15)24-7-9-25(10-8-24)20(27)29-3/h5-6,11,14,16H,4,7-10,12-13H2,1-3H3,(H,23,31). The monoisotopic (exact) mass is 452 g/mol. The van der Waals surface area contributed by atoms with Gasteiger partial charge in [0.25, 0.3) is 0 Å².